The second kappa shape index (κ2) is 5.42. The van der Waals surface area contributed by atoms with Crippen LogP contribution in [0.15, 0.2) is 0 Å². The summed E-state index contributed by atoms with van der Waals surface area (Å²) in [5, 5.41) is 0. The van der Waals surface area contributed by atoms with Crippen LogP contribution in [0.4, 0.5) is 4.39 Å². The molecule has 0 bridgehead atoms. The van der Waals surface area contributed by atoms with Gasteiger partial charge in [0.15, 0.2) is 0 Å². The minimum atomic E-state index is -3.18. The molecule has 0 radical (unpaired) electrons. The first-order valence-corrected chi connectivity index (χ1v) is 7.57. The number of hydrogen-bond acceptors (Lipinski definition) is 3. The molecule has 0 spiro atoms. The number of rotatable bonds is 5. The summed E-state index contributed by atoms with van der Waals surface area (Å²) in [4.78, 5) is 2.06. The van der Waals surface area contributed by atoms with Crippen molar-refractivity contribution in [2.75, 3.05) is 19.3 Å². The molecule has 0 aromatic rings. The normalized spacial score (nSPS) is 29.5. The minimum absolute atomic E-state index is 0.0142. The maximum absolute atomic E-state index is 13.3. The Morgan fingerprint density at radius 3 is 2.69 bits per heavy atom. The molecule has 1 rings (SSSR count). The van der Waals surface area contributed by atoms with Gasteiger partial charge in [-0.1, -0.05) is 6.92 Å². The maximum atomic E-state index is 13.3. The molecule has 16 heavy (non-hydrogen) atoms. The lowest BCUT2D eigenvalue weighted by atomic mass is 10.1. The van der Waals surface area contributed by atoms with Gasteiger partial charge in [-0.2, -0.15) is 0 Å². The SMILES string of the molecule is CCC(C)N1CC(F)CC1CNS(C)(=O)=O. The molecule has 4 nitrogen and oxygen atoms in total. The molecule has 1 saturated heterocycles. The third-order valence-electron chi connectivity index (χ3n) is 3.14. The van der Waals surface area contributed by atoms with Crippen molar-refractivity contribution in [3.63, 3.8) is 0 Å². The van der Waals surface area contributed by atoms with Gasteiger partial charge in [-0.3, -0.25) is 4.90 Å². The molecule has 3 atom stereocenters. The molecule has 0 aliphatic carbocycles. The van der Waals surface area contributed by atoms with Crippen molar-refractivity contribution >= 4 is 10.0 Å². The van der Waals surface area contributed by atoms with E-state index in [1.165, 1.54) is 0 Å². The van der Waals surface area contributed by atoms with Gasteiger partial charge >= 0.3 is 0 Å². The molecule has 1 aliphatic heterocycles. The average Bonchev–Trinajstić information content (AvgIpc) is 2.54. The van der Waals surface area contributed by atoms with E-state index in [2.05, 4.69) is 16.5 Å². The first-order chi connectivity index (χ1) is 7.33. The summed E-state index contributed by atoms with van der Waals surface area (Å²) < 4.78 is 37.8. The molecule has 3 unspecified atom stereocenters. The van der Waals surface area contributed by atoms with Crippen molar-refractivity contribution in [1.29, 1.82) is 0 Å². The fourth-order valence-corrected chi connectivity index (χ4v) is 2.60. The lowest BCUT2D eigenvalue weighted by Gasteiger charge is -2.29. The van der Waals surface area contributed by atoms with Crippen LogP contribution in [0.1, 0.15) is 26.7 Å². The Kier molecular flexibility index (Phi) is 4.70. The van der Waals surface area contributed by atoms with E-state index in [4.69, 9.17) is 0 Å². The number of likely N-dealkylation sites (tertiary alicyclic amines) is 1. The van der Waals surface area contributed by atoms with Gasteiger partial charge in [0.05, 0.1) is 6.26 Å². The van der Waals surface area contributed by atoms with Gasteiger partial charge in [0.1, 0.15) is 6.17 Å². The van der Waals surface area contributed by atoms with Gasteiger partial charge < -0.3 is 0 Å². The lowest BCUT2D eigenvalue weighted by molar-refractivity contribution is 0.180. The van der Waals surface area contributed by atoms with Gasteiger partial charge in [0, 0.05) is 25.2 Å². The van der Waals surface area contributed by atoms with E-state index in [0.717, 1.165) is 12.7 Å². The second-order valence-electron chi connectivity index (χ2n) is 4.56. The molecule has 1 heterocycles. The fourth-order valence-electron chi connectivity index (χ4n) is 2.11. The van der Waals surface area contributed by atoms with Crippen LogP contribution in [0.25, 0.3) is 0 Å². The minimum Gasteiger partial charge on any atom is -0.293 e. The lowest BCUT2D eigenvalue weighted by Crippen LogP contribution is -2.43. The summed E-state index contributed by atoms with van der Waals surface area (Å²) >= 11 is 0. The van der Waals surface area contributed by atoms with Crippen molar-refractivity contribution in [3.05, 3.63) is 0 Å². The van der Waals surface area contributed by atoms with Crippen LogP contribution in [-0.4, -0.2) is 50.9 Å². The quantitative estimate of drug-likeness (QED) is 0.785. The Balaban J connectivity index is 2.56. The fraction of sp³-hybridized carbons (Fsp3) is 1.00. The number of nitrogens with one attached hydrogen (secondary N) is 1. The van der Waals surface area contributed by atoms with Crippen molar-refractivity contribution in [1.82, 2.24) is 9.62 Å². The van der Waals surface area contributed by atoms with Gasteiger partial charge in [0.2, 0.25) is 10.0 Å². The second-order valence-corrected chi connectivity index (χ2v) is 6.39. The first-order valence-electron chi connectivity index (χ1n) is 5.68. The summed E-state index contributed by atoms with van der Waals surface area (Å²) in [7, 11) is -3.18. The molecular weight excluding hydrogens is 231 g/mol. The van der Waals surface area contributed by atoms with E-state index in [-0.39, 0.29) is 6.04 Å². The van der Waals surface area contributed by atoms with Crippen LogP contribution < -0.4 is 4.72 Å². The van der Waals surface area contributed by atoms with Crippen LogP contribution in [-0.2, 0) is 10.0 Å². The highest BCUT2D eigenvalue weighted by atomic mass is 32.2. The molecule has 6 heteroatoms. The summed E-state index contributed by atoms with van der Waals surface area (Å²) in [6, 6.07) is 0.284. The average molecular weight is 252 g/mol. The zero-order valence-electron chi connectivity index (χ0n) is 10.1. The van der Waals surface area contributed by atoms with Crippen LogP contribution in [0.5, 0.6) is 0 Å². The van der Waals surface area contributed by atoms with Crippen LogP contribution in [0, 0.1) is 0 Å². The molecule has 0 aromatic heterocycles. The third kappa shape index (κ3) is 3.99. The Bertz CT molecular complexity index is 321. The summed E-state index contributed by atoms with van der Waals surface area (Å²) in [5.74, 6) is 0. The third-order valence-corrected chi connectivity index (χ3v) is 3.83. The van der Waals surface area contributed by atoms with Crippen molar-refractivity contribution < 1.29 is 12.8 Å². The highest BCUT2D eigenvalue weighted by molar-refractivity contribution is 7.88. The predicted octanol–water partition coefficient (Wildman–Crippen LogP) is 0.747. The number of alkyl halides is 1. The molecule has 0 aromatic carbocycles. The topological polar surface area (TPSA) is 49.4 Å². The molecule has 1 N–H and O–H groups in total. The Morgan fingerprint density at radius 2 is 2.19 bits per heavy atom. The smallest absolute Gasteiger partial charge is 0.208 e. The van der Waals surface area contributed by atoms with Gasteiger partial charge in [-0.25, -0.2) is 17.5 Å². The Hall–Kier alpha value is -0.200. The first kappa shape index (κ1) is 13.9. The monoisotopic (exact) mass is 252 g/mol. The summed E-state index contributed by atoms with van der Waals surface area (Å²) in [6.45, 7) is 4.83. The van der Waals surface area contributed by atoms with E-state index in [1.807, 2.05) is 6.92 Å². The molecule has 1 fully saturated rings. The largest absolute Gasteiger partial charge is 0.293 e. The number of nitrogens with zero attached hydrogens (tertiary/aromatic N) is 1. The molecule has 0 saturated carbocycles. The molecular formula is C10H21FN2O2S. The summed E-state index contributed by atoms with van der Waals surface area (Å²) in [5.41, 5.74) is 0. The molecule has 1 aliphatic rings. The van der Waals surface area contributed by atoms with Crippen molar-refractivity contribution in [3.8, 4) is 0 Å². The number of hydrogen-bond donors (Lipinski definition) is 1. The summed E-state index contributed by atoms with van der Waals surface area (Å²) in [6.07, 6.45) is 1.66. The molecule has 96 valence electrons. The van der Waals surface area contributed by atoms with Gasteiger partial charge in [-0.05, 0) is 19.8 Å². The van der Waals surface area contributed by atoms with Crippen LogP contribution in [0.2, 0.25) is 0 Å². The zero-order valence-corrected chi connectivity index (χ0v) is 10.9. The predicted molar refractivity (Wildman–Crippen MR) is 62.6 cm³/mol. The van der Waals surface area contributed by atoms with Gasteiger partial charge in [0.25, 0.3) is 0 Å². The highest BCUT2D eigenvalue weighted by Crippen LogP contribution is 2.23. The van der Waals surface area contributed by atoms with E-state index in [0.29, 0.717) is 25.6 Å². The van der Waals surface area contributed by atoms with Crippen molar-refractivity contribution in [2.45, 2.75) is 44.9 Å². The Labute approximate surface area is 97.3 Å². The maximum Gasteiger partial charge on any atom is 0.208 e. The van der Waals surface area contributed by atoms with Gasteiger partial charge in [-0.15, -0.1) is 0 Å². The van der Waals surface area contributed by atoms with E-state index in [9.17, 15) is 12.8 Å². The number of sulfonamides is 1. The highest BCUT2D eigenvalue weighted by Gasteiger charge is 2.34. The zero-order chi connectivity index (χ0) is 12.3. The van der Waals surface area contributed by atoms with Crippen LogP contribution in [0.3, 0.4) is 0 Å². The van der Waals surface area contributed by atoms with E-state index < -0.39 is 16.2 Å². The van der Waals surface area contributed by atoms with E-state index in [1.54, 1.807) is 0 Å². The molecule has 0 amide bonds. The number of halogens is 1. The van der Waals surface area contributed by atoms with E-state index >= 15 is 0 Å². The Morgan fingerprint density at radius 1 is 1.56 bits per heavy atom. The standard InChI is InChI=1S/C10H21FN2O2S/c1-4-8(2)13-7-9(11)5-10(13)6-12-16(3,14)15/h8-10,12H,4-7H2,1-3H3. The van der Waals surface area contributed by atoms with Crippen molar-refractivity contribution in [2.24, 2.45) is 0 Å². The van der Waals surface area contributed by atoms with Crippen LogP contribution >= 0.6 is 0 Å².